The van der Waals surface area contributed by atoms with Crippen LogP contribution >= 0.6 is 23.6 Å². The van der Waals surface area contributed by atoms with Crippen molar-refractivity contribution < 1.29 is 9.53 Å². The van der Waals surface area contributed by atoms with Crippen LogP contribution < -0.4 is 5.73 Å². The summed E-state index contributed by atoms with van der Waals surface area (Å²) >= 11 is 6.35. The highest BCUT2D eigenvalue weighted by Gasteiger charge is 2.07. The van der Waals surface area contributed by atoms with E-state index in [0.29, 0.717) is 29.4 Å². The number of nitrogens with two attached hydrogens (primary N) is 1. The predicted molar refractivity (Wildman–Crippen MR) is 88.4 cm³/mol. The van der Waals surface area contributed by atoms with Gasteiger partial charge in [0.1, 0.15) is 4.99 Å². The fraction of sp³-hybridized carbons (Fsp3) is 0.267. The molecule has 0 aliphatic carbocycles. The van der Waals surface area contributed by atoms with Gasteiger partial charge in [-0.15, -0.1) is 11.3 Å². The minimum Gasteiger partial charge on any atom is -0.466 e. The van der Waals surface area contributed by atoms with Crippen LogP contribution in [0.15, 0.2) is 29.6 Å². The molecule has 1 aromatic carbocycles. The smallest absolute Gasteiger partial charge is 0.306 e. The zero-order chi connectivity index (χ0) is 15.2. The molecule has 0 amide bonds. The van der Waals surface area contributed by atoms with Gasteiger partial charge >= 0.3 is 5.97 Å². The first-order valence-electron chi connectivity index (χ1n) is 6.60. The van der Waals surface area contributed by atoms with Gasteiger partial charge in [-0.05, 0) is 18.9 Å². The monoisotopic (exact) mass is 320 g/mol. The molecule has 2 N–H and O–H groups in total. The zero-order valence-electron chi connectivity index (χ0n) is 11.7. The first kappa shape index (κ1) is 15.6. The van der Waals surface area contributed by atoms with Crippen LogP contribution in [0.25, 0.3) is 11.3 Å². The second kappa shape index (κ2) is 7.28. The van der Waals surface area contributed by atoms with E-state index in [-0.39, 0.29) is 5.97 Å². The number of ether oxygens (including phenoxy) is 1. The van der Waals surface area contributed by atoms with E-state index in [1.165, 1.54) is 11.3 Å². The van der Waals surface area contributed by atoms with Crippen molar-refractivity contribution in [1.29, 1.82) is 0 Å². The number of aromatic nitrogens is 1. The Morgan fingerprint density at radius 3 is 2.67 bits per heavy atom. The molecule has 0 aliphatic rings. The number of esters is 1. The summed E-state index contributed by atoms with van der Waals surface area (Å²) in [6, 6.07) is 7.96. The standard InChI is InChI=1S/C15H16N2O2S2/c1-2-19-13(18)8-5-10-3-6-11(7-4-10)12-9-21-15(17-12)14(16)20/h3-4,6-7,9H,2,5,8H2,1H3,(H2,16,20). The Morgan fingerprint density at radius 1 is 1.38 bits per heavy atom. The predicted octanol–water partition coefficient (Wildman–Crippen LogP) is 2.94. The molecular weight excluding hydrogens is 304 g/mol. The summed E-state index contributed by atoms with van der Waals surface area (Å²) in [5.74, 6) is -0.165. The van der Waals surface area contributed by atoms with Crippen LogP contribution in [0.1, 0.15) is 23.9 Å². The molecule has 110 valence electrons. The molecule has 1 aromatic heterocycles. The molecule has 0 spiro atoms. The fourth-order valence-corrected chi connectivity index (χ4v) is 2.71. The SMILES string of the molecule is CCOC(=O)CCc1ccc(-c2csc(C(N)=S)n2)cc1. The number of benzene rings is 1. The molecule has 6 heteroatoms. The average Bonchev–Trinajstić information content (AvgIpc) is 2.96. The molecule has 0 bridgehead atoms. The second-order valence-electron chi connectivity index (χ2n) is 4.40. The van der Waals surface area contributed by atoms with Crippen LogP contribution in [-0.4, -0.2) is 22.5 Å². The summed E-state index contributed by atoms with van der Waals surface area (Å²) in [6.45, 7) is 2.23. The van der Waals surface area contributed by atoms with E-state index < -0.39 is 0 Å². The number of thiazole rings is 1. The van der Waals surface area contributed by atoms with E-state index in [1.54, 1.807) is 0 Å². The Hall–Kier alpha value is -1.79. The Balaban J connectivity index is 2.01. The molecule has 1 heterocycles. The van der Waals surface area contributed by atoms with Gasteiger partial charge in [-0.2, -0.15) is 0 Å². The van der Waals surface area contributed by atoms with Gasteiger partial charge in [-0.3, -0.25) is 4.79 Å². The number of rotatable bonds is 6. The number of thiocarbonyl (C=S) groups is 1. The van der Waals surface area contributed by atoms with Crippen LogP contribution in [0.4, 0.5) is 0 Å². The van der Waals surface area contributed by atoms with Gasteiger partial charge in [0, 0.05) is 17.4 Å². The maximum atomic E-state index is 11.3. The van der Waals surface area contributed by atoms with Crippen molar-refractivity contribution in [2.75, 3.05) is 6.61 Å². The van der Waals surface area contributed by atoms with E-state index in [4.69, 9.17) is 22.7 Å². The van der Waals surface area contributed by atoms with Crippen LogP contribution in [0.5, 0.6) is 0 Å². The van der Waals surface area contributed by atoms with Crippen LogP contribution in [0, 0.1) is 0 Å². The van der Waals surface area contributed by atoms with E-state index >= 15 is 0 Å². The minimum absolute atomic E-state index is 0.165. The summed E-state index contributed by atoms with van der Waals surface area (Å²) in [4.78, 5) is 16.0. The molecular formula is C15H16N2O2S2. The lowest BCUT2D eigenvalue weighted by Gasteiger charge is -2.03. The summed E-state index contributed by atoms with van der Waals surface area (Å²) < 4.78 is 4.91. The fourth-order valence-electron chi connectivity index (χ4n) is 1.84. The molecule has 0 saturated heterocycles. The van der Waals surface area contributed by atoms with Gasteiger partial charge in [0.15, 0.2) is 5.01 Å². The topological polar surface area (TPSA) is 65.2 Å². The lowest BCUT2D eigenvalue weighted by molar-refractivity contribution is -0.143. The largest absolute Gasteiger partial charge is 0.466 e. The van der Waals surface area contributed by atoms with Gasteiger partial charge < -0.3 is 10.5 Å². The van der Waals surface area contributed by atoms with E-state index in [2.05, 4.69) is 4.98 Å². The highest BCUT2D eigenvalue weighted by atomic mass is 32.1. The first-order chi connectivity index (χ1) is 10.1. The van der Waals surface area contributed by atoms with Crippen molar-refractivity contribution in [2.45, 2.75) is 19.8 Å². The van der Waals surface area contributed by atoms with Crippen molar-refractivity contribution in [3.05, 3.63) is 40.2 Å². The first-order valence-corrected chi connectivity index (χ1v) is 7.89. The van der Waals surface area contributed by atoms with Crippen molar-refractivity contribution in [2.24, 2.45) is 5.73 Å². The molecule has 0 atom stereocenters. The van der Waals surface area contributed by atoms with Gasteiger partial charge in [0.2, 0.25) is 0 Å². The normalized spacial score (nSPS) is 10.3. The Bertz CT molecular complexity index is 635. The van der Waals surface area contributed by atoms with E-state index in [0.717, 1.165) is 16.8 Å². The quantitative estimate of drug-likeness (QED) is 0.655. The summed E-state index contributed by atoms with van der Waals surface area (Å²) in [5.41, 5.74) is 8.52. The van der Waals surface area contributed by atoms with E-state index in [1.807, 2.05) is 36.6 Å². The number of carbonyl (C=O) groups excluding carboxylic acids is 1. The summed E-state index contributed by atoms with van der Waals surface area (Å²) in [6.07, 6.45) is 1.07. The third-order valence-electron chi connectivity index (χ3n) is 2.89. The number of hydrogen-bond acceptors (Lipinski definition) is 5. The highest BCUT2D eigenvalue weighted by Crippen LogP contribution is 2.22. The van der Waals surface area contributed by atoms with Crippen LogP contribution in [0.3, 0.4) is 0 Å². The van der Waals surface area contributed by atoms with E-state index in [9.17, 15) is 4.79 Å². The molecule has 0 aliphatic heterocycles. The lowest BCUT2D eigenvalue weighted by Crippen LogP contribution is -2.08. The van der Waals surface area contributed by atoms with Crippen molar-refractivity contribution >= 4 is 34.5 Å². The Kier molecular flexibility index (Phi) is 5.41. The molecule has 21 heavy (non-hydrogen) atoms. The maximum Gasteiger partial charge on any atom is 0.306 e. The van der Waals surface area contributed by atoms with Crippen LogP contribution in [-0.2, 0) is 16.0 Å². The molecule has 0 radical (unpaired) electrons. The van der Waals surface area contributed by atoms with Crippen molar-refractivity contribution in [3.63, 3.8) is 0 Å². The third-order valence-corrected chi connectivity index (χ3v) is 4.09. The highest BCUT2D eigenvalue weighted by molar-refractivity contribution is 7.81. The number of nitrogens with zero attached hydrogens (tertiary/aromatic N) is 1. The molecule has 0 fully saturated rings. The molecule has 2 aromatic rings. The summed E-state index contributed by atoms with van der Waals surface area (Å²) in [5, 5.41) is 2.61. The zero-order valence-corrected chi connectivity index (χ0v) is 13.3. The molecule has 0 unspecified atom stereocenters. The molecule has 2 rings (SSSR count). The van der Waals surface area contributed by atoms with Gasteiger partial charge in [-0.25, -0.2) is 4.98 Å². The van der Waals surface area contributed by atoms with Gasteiger partial charge in [-0.1, -0.05) is 36.5 Å². The minimum atomic E-state index is -0.165. The molecule has 4 nitrogen and oxygen atoms in total. The van der Waals surface area contributed by atoms with Crippen LogP contribution in [0.2, 0.25) is 0 Å². The Morgan fingerprint density at radius 2 is 2.10 bits per heavy atom. The van der Waals surface area contributed by atoms with Gasteiger partial charge in [0.25, 0.3) is 0 Å². The number of hydrogen-bond donors (Lipinski definition) is 1. The summed E-state index contributed by atoms with van der Waals surface area (Å²) in [7, 11) is 0. The maximum absolute atomic E-state index is 11.3. The molecule has 0 saturated carbocycles. The number of aryl methyl sites for hydroxylation is 1. The second-order valence-corrected chi connectivity index (χ2v) is 5.70. The van der Waals surface area contributed by atoms with Crippen molar-refractivity contribution in [3.8, 4) is 11.3 Å². The lowest BCUT2D eigenvalue weighted by atomic mass is 10.1. The average molecular weight is 320 g/mol. The van der Waals surface area contributed by atoms with Gasteiger partial charge in [0.05, 0.1) is 12.3 Å². The Labute approximate surface area is 133 Å². The third kappa shape index (κ3) is 4.34. The van der Waals surface area contributed by atoms with Crippen molar-refractivity contribution in [1.82, 2.24) is 4.98 Å². The number of carbonyl (C=O) groups is 1.